The molecule has 0 radical (unpaired) electrons. The Morgan fingerprint density at radius 1 is 1.60 bits per heavy atom. The maximum atomic E-state index is 11.2. The minimum absolute atomic E-state index is 0.218. The number of rotatable bonds is 4. The van der Waals surface area contributed by atoms with Gasteiger partial charge in [-0.1, -0.05) is 0 Å². The molecule has 106 valence electrons. The minimum Gasteiger partial charge on any atom is -0.496 e. The van der Waals surface area contributed by atoms with E-state index in [-0.39, 0.29) is 6.42 Å². The number of ether oxygens (including phenoxy) is 1. The van der Waals surface area contributed by atoms with Crippen LogP contribution < -0.4 is 4.74 Å². The molecule has 1 aromatic carbocycles. The summed E-state index contributed by atoms with van der Waals surface area (Å²) in [4.78, 5) is 12.9. The van der Waals surface area contributed by atoms with Crippen molar-refractivity contribution in [3.05, 3.63) is 29.3 Å². The number of nitriles is 1. The summed E-state index contributed by atoms with van der Waals surface area (Å²) in [6.07, 6.45) is -0.420. The van der Waals surface area contributed by atoms with Crippen LogP contribution in [0.4, 0.5) is 0 Å². The fraction of sp³-hybridized carbons (Fsp3) is 0.429. The fourth-order valence-corrected chi connectivity index (χ4v) is 2.50. The molecule has 1 fully saturated rings. The molecule has 1 aromatic rings. The predicted octanol–water partition coefficient (Wildman–Crippen LogP) is 0.587. The van der Waals surface area contributed by atoms with Crippen LogP contribution in [-0.4, -0.2) is 46.9 Å². The molecule has 0 aliphatic carbocycles. The minimum atomic E-state index is -0.947. The summed E-state index contributed by atoms with van der Waals surface area (Å²) in [6.45, 7) is 0.629. The molecular formula is C14H16N2O4. The van der Waals surface area contributed by atoms with Gasteiger partial charge in [-0.2, -0.15) is 5.26 Å². The van der Waals surface area contributed by atoms with Crippen LogP contribution in [0.25, 0.3) is 0 Å². The van der Waals surface area contributed by atoms with E-state index in [1.807, 2.05) is 6.07 Å². The van der Waals surface area contributed by atoms with Crippen molar-refractivity contribution in [3.8, 4) is 11.8 Å². The van der Waals surface area contributed by atoms with Crippen LogP contribution in [0, 0.1) is 11.3 Å². The summed E-state index contributed by atoms with van der Waals surface area (Å²) in [5, 5.41) is 27.7. The molecule has 1 aliphatic rings. The van der Waals surface area contributed by atoms with Crippen LogP contribution in [0.2, 0.25) is 0 Å². The molecule has 0 amide bonds. The van der Waals surface area contributed by atoms with Gasteiger partial charge in [-0.15, -0.1) is 0 Å². The van der Waals surface area contributed by atoms with Gasteiger partial charge < -0.3 is 14.9 Å². The number of methoxy groups -OCH3 is 1. The molecule has 2 unspecified atom stereocenters. The van der Waals surface area contributed by atoms with Crippen LogP contribution in [0.3, 0.4) is 0 Å². The Morgan fingerprint density at radius 3 is 2.95 bits per heavy atom. The average molecular weight is 276 g/mol. The van der Waals surface area contributed by atoms with Gasteiger partial charge in [0.15, 0.2) is 0 Å². The van der Waals surface area contributed by atoms with Gasteiger partial charge in [-0.3, -0.25) is 9.69 Å². The first-order valence-electron chi connectivity index (χ1n) is 6.27. The molecule has 0 bridgehead atoms. The summed E-state index contributed by atoms with van der Waals surface area (Å²) < 4.78 is 5.23. The number of carboxylic acids is 1. The summed E-state index contributed by atoms with van der Waals surface area (Å²) in [5.74, 6) is -0.341. The molecule has 6 heteroatoms. The van der Waals surface area contributed by atoms with E-state index >= 15 is 0 Å². The molecule has 2 atom stereocenters. The highest BCUT2D eigenvalue weighted by Gasteiger charge is 2.36. The van der Waals surface area contributed by atoms with Crippen molar-refractivity contribution >= 4 is 5.97 Å². The zero-order valence-electron chi connectivity index (χ0n) is 11.1. The lowest BCUT2D eigenvalue weighted by atomic mass is 10.1. The largest absolute Gasteiger partial charge is 0.496 e. The standard InChI is InChI=1S/C14H16N2O4/c1-20-13-3-2-9(6-15)4-10(13)7-16-8-11(17)5-12(16)14(18)19/h2-4,11-12,17H,5,7-8H2,1H3,(H,18,19). The number of hydrogen-bond donors (Lipinski definition) is 2. The number of likely N-dealkylation sites (tertiary alicyclic amines) is 1. The highest BCUT2D eigenvalue weighted by Crippen LogP contribution is 2.26. The molecule has 0 spiro atoms. The van der Waals surface area contributed by atoms with Gasteiger partial charge in [0.05, 0.1) is 24.8 Å². The first-order chi connectivity index (χ1) is 9.55. The third-order valence-electron chi connectivity index (χ3n) is 3.45. The third-order valence-corrected chi connectivity index (χ3v) is 3.45. The predicted molar refractivity (Wildman–Crippen MR) is 70.2 cm³/mol. The first-order valence-corrected chi connectivity index (χ1v) is 6.27. The first kappa shape index (κ1) is 14.3. The average Bonchev–Trinajstić information content (AvgIpc) is 2.79. The van der Waals surface area contributed by atoms with Crippen LogP contribution in [0.1, 0.15) is 17.5 Å². The smallest absolute Gasteiger partial charge is 0.321 e. The number of aliphatic hydroxyl groups is 1. The number of carbonyl (C=O) groups is 1. The Balaban J connectivity index is 2.24. The number of nitrogens with zero attached hydrogens (tertiary/aromatic N) is 2. The second kappa shape index (κ2) is 5.90. The third kappa shape index (κ3) is 2.90. The second-order valence-corrected chi connectivity index (χ2v) is 4.81. The monoisotopic (exact) mass is 276 g/mol. The topological polar surface area (TPSA) is 93.8 Å². The van der Waals surface area contributed by atoms with Gasteiger partial charge in [-0.25, -0.2) is 0 Å². The number of benzene rings is 1. The number of aliphatic hydroxyl groups excluding tert-OH is 1. The molecule has 2 rings (SSSR count). The van der Waals surface area contributed by atoms with Gasteiger partial charge in [0.1, 0.15) is 11.8 Å². The summed E-state index contributed by atoms with van der Waals surface area (Å²) >= 11 is 0. The Morgan fingerprint density at radius 2 is 2.35 bits per heavy atom. The number of carboxylic acid groups (broad SMARTS) is 1. The number of aliphatic carboxylic acids is 1. The molecule has 1 aliphatic heterocycles. The van der Waals surface area contributed by atoms with E-state index in [0.29, 0.717) is 24.4 Å². The Labute approximate surface area is 116 Å². The van der Waals surface area contributed by atoms with Crippen molar-refractivity contribution in [2.24, 2.45) is 0 Å². The lowest BCUT2D eigenvalue weighted by molar-refractivity contribution is -0.142. The number of β-amino-alcohol motifs (C(OH)–C–C–N with tert-alkyl or cyclic N) is 1. The van der Waals surface area contributed by atoms with Gasteiger partial charge in [0.25, 0.3) is 0 Å². The molecule has 1 heterocycles. The molecule has 0 saturated carbocycles. The maximum Gasteiger partial charge on any atom is 0.321 e. The normalized spacial score (nSPS) is 22.4. The van der Waals surface area contributed by atoms with E-state index in [4.69, 9.17) is 10.00 Å². The van der Waals surface area contributed by atoms with E-state index < -0.39 is 18.1 Å². The van der Waals surface area contributed by atoms with Crippen molar-refractivity contribution < 1.29 is 19.7 Å². The SMILES string of the molecule is COc1ccc(C#N)cc1CN1CC(O)CC1C(=O)O. The Kier molecular flexibility index (Phi) is 4.23. The summed E-state index contributed by atoms with van der Waals surface area (Å²) in [5.41, 5.74) is 1.24. The van der Waals surface area contributed by atoms with Crippen LogP contribution in [0.15, 0.2) is 18.2 Å². The van der Waals surface area contributed by atoms with Gasteiger partial charge >= 0.3 is 5.97 Å². The molecule has 0 aromatic heterocycles. The Hall–Kier alpha value is -2.10. The fourth-order valence-electron chi connectivity index (χ4n) is 2.50. The van der Waals surface area contributed by atoms with Gasteiger partial charge in [0, 0.05) is 25.1 Å². The van der Waals surface area contributed by atoms with Crippen LogP contribution in [-0.2, 0) is 11.3 Å². The summed E-state index contributed by atoms with van der Waals surface area (Å²) in [6, 6.07) is 6.36. The molecule has 6 nitrogen and oxygen atoms in total. The quantitative estimate of drug-likeness (QED) is 0.835. The van der Waals surface area contributed by atoms with Crippen LogP contribution in [0.5, 0.6) is 5.75 Å². The van der Waals surface area contributed by atoms with E-state index in [1.165, 1.54) is 7.11 Å². The lowest BCUT2D eigenvalue weighted by Crippen LogP contribution is -2.35. The van der Waals surface area contributed by atoms with Crippen LogP contribution >= 0.6 is 0 Å². The molecule has 1 saturated heterocycles. The van der Waals surface area contributed by atoms with E-state index in [9.17, 15) is 15.0 Å². The van der Waals surface area contributed by atoms with Crippen molar-refractivity contribution in [1.82, 2.24) is 4.90 Å². The van der Waals surface area contributed by atoms with Crippen molar-refractivity contribution in [2.75, 3.05) is 13.7 Å². The Bertz CT molecular complexity index is 553. The van der Waals surface area contributed by atoms with Crippen molar-refractivity contribution in [3.63, 3.8) is 0 Å². The number of hydrogen-bond acceptors (Lipinski definition) is 5. The molecular weight excluding hydrogens is 260 g/mol. The van der Waals surface area contributed by atoms with Gasteiger partial charge in [-0.05, 0) is 18.2 Å². The second-order valence-electron chi connectivity index (χ2n) is 4.81. The summed E-state index contributed by atoms with van der Waals surface area (Å²) in [7, 11) is 1.53. The zero-order chi connectivity index (χ0) is 14.7. The van der Waals surface area contributed by atoms with Crippen molar-refractivity contribution in [1.29, 1.82) is 5.26 Å². The maximum absolute atomic E-state index is 11.2. The van der Waals surface area contributed by atoms with Crippen molar-refractivity contribution in [2.45, 2.75) is 25.1 Å². The zero-order valence-corrected chi connectivity index (χ0v) is 11.1. The molecule has 20 heavy (non-hydrogen) atoms. The van der Waals surface area contributed by atoms with Gasteiger partial charge in [0.2, 0.25) is 0 Å². The highest BCUT2D eigenvalue weighted by atomic mass is 16.5. The van der Waals surface area contributed by atoms with E-state index in [0.717, 1.165) is 5.56 Å². The lowest BCUT2D eigenvalue weighted by Gasteiger charge is -2.22. The van der Waals surface area contributed by atoms with E-state index in [1.54, 1.807) is 23.1 Å². The highest BCUT2D eigenvalue weighted by molar-refractivity contribution is 5.74. The van der Waals surface area contributed by atoms with E-state index in [2.05, 4.69) is 0 Å². The molecule has 2 N–H and O–H groups in total.